The van der Waals surface area contributed by atoms with Gasteiger partial charge in [0.2, 0.25) is 5.24 Å². The van der Waals surface area contributed by atoms with Crippen LogP contribution in [0.15, 0.2) is 141 Å². The Morgan fingerprint density at radius 1 is 0.794 bits per heavy atom. The van der Waals surface area contributed by atoms with Gasteiger partial charge in [-0.3, -0.25) is 33.5 Å². The molecule has 0 aliphatic carbocycles. The lowest BCUT2D eigenvalue weighted by Gasteiger charge is -2.26. The van der Waals surface area contributed by atoms with Crippen LogP contribution in [0.1, 0.15) is 115 Å². The van der Waals surface area contributed by atoms with Gasteiger partial charge in [0.15, 0.2) is 12.1 Å². The number of nitrogens with one attached hydrogen (secondary N) is 1. The molecule has 2 fully saturated rings. The van der Waals surface area contributed by atoms with Gasteiger partial charge in [-0.05, 0) is 74.7 Å². The molecule has 68 heavy (non-hydrogen) atoms. The second-order valence-electron chi connectivity index (χ2n) is 16.3. The number of nitrogens with two attached hydrogens (primary N) is 1. The molecule has 360 valence electrons. The minimum absolute atomic E-state index is 0.00720. The van der Waals surface area contributed by atoms with Crippen molar-refractivity contribution in [2.75, 3.05) is 6.54 Å². The summed E-state index contributed by atoms with van der Waals surface area (Å²) in [6.07, 6.45) is 19.9. The average Bonchev–Trinajstić information content (AvgIpc) is 4.22. The molecule has 7 aromatic rings. The zero-order valence-corrected chi connectivity index (χ0v) is 41.0. The normalized spacial score (nSPS) is 18.4. The van der Waals surface area contributed by atoms with Crippen LogP contribution in [0.4, 0.5) is 0 Å². The minimum atomic E-state index is -0.621. The lowest BCUT2D eigenvalue weighted by Crippen LogP contribution is -2.28. The SMILES string of the molecule is CC(Br)C(=O)Cl.CC1CCCC(c2cn[nH]c2)O1.CC1OC(c2cnn(Cc3ccccc3)c2)CCC1=O.NCC(O)c1cnn(Cc2ccccc2)c1.O=Cc1cnn(Cc2ccccc2)c1. The van der Waals surface area contributed by atoms with Crippen LogP contribution < -0.4 is 5.73 Å². The molecule has 0 bridgehead atoms. The van der Waals surface area contributed by atoms with E-state index in [0.717, 1.165) is 36.8 Å². The maximum Gasteiger partial charge on any atom is 0.235 e. The molecule has 6 unspecified atom stereocenters. The van der Waals surface area contributed by atoms with E-state index in [2.05, 4.69) is 60.5 Å². The quantitative estimate of drug-likeness (QED) is 0.0600. The first-order valence-electron chi connectivity index (χ1n) is 22.6. The number of hydrogen-bond acceptors (Lipinski definition) is 11. The highest BCUT2D eigenvalue weighted by atomic mass is 79.9. The van der Waals surface area contributed by atoms with Crippen LogP contribution in [0.2, 0.25) is 0 Å². The molecular formula is C51H61BrClN9O6. The van der Waals surface area contributed by atoms with E-state index in [4.69, 9.17) is 26.8 Å². The summed E-state index contributed by atoms with van der Waals surface area (Å²) < 4.78 is 17.0. The molecule has 6 heterocycles. The number of nitrogens with zero attached hydrogens (tertiary/aromatic N) is 7. The average molecular weight is 1010 g/mol. The second-order valence-corrected chi connectivity index (χ2v) is 18.1. The Kier molecular flexibility index (Phi) is 22.2. The van der Waals surface area contributed by atoms with E-state index in [1.54, 1.807) is 34.9 Å². The molecule has 0 spiro atoms. The number of carbonyl (C=O) groups is 3. The number of ether oxygens (including phenoxy) is 2. The number of Topliss-reactive ketones (excluding diaryl/α,β-unsaturated/α-hetero) is 1. The van der Waals surface area contributed by atoms with Gasteiger partial charge >= 0.3 is 0 Å². The number of benzene rings is 3. The summed E-state index contributed by atoms with van der Waals surface area (Å²) in [7, 11) is 0. The number of aliphatic hydroxyl groups is 1. The van der Waals surface area contributed by atoms with Gasteiger partial charge in [0.25, 0.3) is 0 Å². The van der Waals surface area contributed by atoms with Crippen LogP contribution in [0.5, 0.6) is 0 Å². The third-order valence-corrected chi connectivity index (χ3v) is 11.8. The molecule has 6 atom stereocenters. The largest absolute Gasteiger partial charge is 0.387 e. The number of aromatic amines is 1. The number of ketones is 1. The van der Waals surface area contributed by atoms with Gasteiger partial charge in [-0.25, -0.2) is 0 Å². The number of alkyl halides is 1. The number of carbonyl (C=O) groups excluding carboxylic acids is 3. The van der Waals surface area contributed by atoms with E-state index >= 15 is 0 Å². The minimum Gasteiger partial charge on any atom is -0.387 e. The van der Waals surface area contributed by atoms with Crippen LogP contribution in [-0.2, 0) is 38.7 Å². The van der Waals surface area contributed by atoms with Crippen LogP contribution in [0, 0.1) is 0 Å². The molecule has 0 saturated carbocycles. The van der Waals surface area contributed by atoms with Crippen molar-refractivity contribution in [3.05, 3.63) is 180 Å². The highest BCUT2D eigenvalue weighted by Crippen LogP contribution is 2.31. The maximum absolute atomic E-state index is 11.5. The number of hydrogen-bond donors (Lipinski definition) is 3. The van der Waals surface area contributed by atoms with E-state index in [0.29, 0.717) is 31.2 Å². The molecule has 17 heteroatoms. The molecule has 0 radical (unpaired) electrons. The highest BCUT2D eigenvalue weighted by Gasteiger charge is 2.28. The van der Waals surface area contributed by atoms with Crippen molar-refractivity contribution in [3.63, 3.8) is 0 Å². The van der Waals surface area contributed by atoms with Crippen molar-refractivity contribution in [1.82, 2.24) is 39.5 Å². The first-order chi connectivity index (χ1) is 32.9. The Morgan fingerprint density at radius 3 is 1.81 bits per heavy atom. The van der Waals surface area contributed by atoms with E-state index in [9.17, 15) is 19.5 Å². The zero-order valence-electron chi connectivity index (χ0n) is 38.6. The van der Waals surface area contributed by atoms with Gasteiger partial charge in [0.05, 0.1) is 79.2 Å². The molecule has 4 N–H and O–H groups in total. The molecule has 0 amide bonds. The Morgan fingerprint density at radius 2 is 1.32 bits per heavy atom. The first-order valence-corrected chi connectivity index (χ1v) is 23.9. The summed E-state index contributed by atoms with van der Waals surface area (Å²) in [5.74, 6) is 0.193. The molecule has 3 aromatic carbocycles. The number of aromatic nitrogens is 8. The van der Waals surface area contributed by atoms with E-state index in [1.165, 1.54) is 35.1 Å². The maximum atomic E-state index is 11.5. The Balaban J connectivity index is 0.000000165. The van der Waals surface area contributed by atoms with Crippen LogP contribution in [0.3, 0.4) is 0 Å². The van der Waals surface area contributed by atoms with E-state index < -0.39 is 6.10 Å². The van der Waals surface area contributed by atoms with Gasteiger partial charge in [0, 0.05) is 54.4 Å². The molecule has 4 aromatic heterocycles. The first kappa shape index (κ1) is 53.1. The molecule has 9 rings (SSSR count). The van der Waals surface area contributed by atoms with Gasteiger partial charge in [0.1, 0.15) is 6.10 Å². The highest BCUT2D eigenvalue weighted by molar-refractivity contribution is 9.10. The molecule has 2 aliphatic rings. The standard InChI is InChI=1S/C16H18N2O2.C12H15N3O.C11H10N2O.C9H14N2O.C3H4BrClO/c1-12-15(19)7-8-16(20-12)14-9-17-18(11-14)10-13-5-3-2-4-6-13;13-6-12(16)11-7-14-15(9-11)8-10-4-2-1-3-5-10;14-9-11-6-12-13(8-11)7-10-4-2-1-3-5-10;1-7-3-2-4-9(12-7)8-5-10-11-6-8;1-2(4)3(5)6/h2-6,9,11-12,16H,7-8,10H2,1H3;1-5,7,9,12,16H,6,8,13H2;1-6,8-9H,7H2;5-7,9H,2-4H2,1H3,(H,10,11);2H,1H3. The summed E-state index contributed by atoms with van der Waals surface area (Å²) in [5.41, 5.74) is 12.6. The van der Waals surface area contributed by atoms with Crippen LogP contribution in [0.25, 0.3) is 0 Å². The van der Waals surface area contributed by atoms with Gasteiger partial charge < -0.3 is 20.3 Å². The molecule has 15 nitrogen and oxygen atoms in total. The number of rotatable bonds is 12. The summed E-state index contributed by atoms with van der Waals surface area (Å²) in [4.78, 5) is 31.5. The van der Waals surface area contributed by atoms with Gasteiger partial charge in [-0.1, -0.05) is 107 Å². The summed E-state index contributed by atoms with van der Waals surface area (Å²) in [5, 5.41) is 28.5. The van der Waals surface area contributed by atoms with Crippen molar-refractivity contribution >= 4 is 44.8 Å². The van der Waals surface area contributed by atoms with Crippen LogP contribution >= 0.6 is 27.5 Å². The van der Waals surface area contributed by atoms with Crippen molar-refractivity contribution in [1.29, 1.82) is 0 Å². The number of aliphatic hydroxyl groups excluding tert-OH is 1. The number of halogens is 2. The lowest BCUT2D eigenvalue weighted by molar-refractivity contribution is -0.141. The second kappa shape index (κ2) is 28.4. The fourth-order valence-electron chi connectivity index (χ4n) is 7.05. The molecule has 2 aliphatic heterocycles. The van der Waals surface area contributed by atoms with E-state index in [1.807, 2.05) is 121 Å². The Bertz CT molecular complexity index is 2500. The number of aldehydes is 1. The van der Waals surface area contributed by atoms with Crippen molar-refractivity contribution in [3.8, 4) is 0 Å². The Labute approximate surface area is 411 Å². The topological polar surface area (TPSA) is 198 Å². The third kappa shape index (κ3) is 18.3. The Hall–Kier alpha value is -5.88. The molecule has 2 saturated heterocycles. The molecular weight excluding hydrogens is 950 g/mol. The fourth-order valence-corrected chi connectivity index (χ4v) is 7.05. The smallest absolute Gasteiger partial charge is 0.235 e. The monoisotopic (exact) mass is 1010 g/mol. The summed E-state index contributed by atoms with van der Waals surface area (Å²) >= 11 is 7.88. The zero-order chi connectivity index (χ0) is 48.7. The number of H-pyrrole nitrogens is 1. The predicted molar refractivity (Wildman–Crippen MR) is 265 cm³/mol. The van der Waals surface area contributed by atoms with Crippen molar-refractivity contribution in [2.24, 2.45) is 5.73 Å². The van der Waals surface area contributed by atoms with Crippen LogP contribution in [-0.4, -0.2) is 85.5 Å². The van der Waals surface area contributed by atoms with Crippen molar-refractivity contribution < 1.29 is 29.0 Å². The van der Waals surface area contributed by atoms with E-state index in [-0.39, 0.29) is 40.7 Å². The van der Waals surface area contributed by atoms with Gasteiger partial charge in [-0.15, -0.1) is 0 Å². The predicted octanol–water partition coefficient (Wildman–Crippen LogP) is 8.98. The third-order valence-electron chi connectivity index (χ3n) is 10.8. The lowest BCUT2D eigenvalue weighted by atomic mass is 10.0. The fraction of sp³-hybridized carbons (Fsp3) is 0.353. The summed E-state index contributed by atoms with van der Waals surface area (Å²) in [6, 6.07) is 30.3. The summed E-state index contributed by atoms with van der Waals surface area (Å²) in [6.45, 7) is 8.01. The van der Waals surface area contributed by atoms with Gasteiger partial charge in [-0.2, -0.15) is 20.4 Å². The van der Waals surface area contributed by atoms with Crippen molar-refractivity contribution in [2.45, 2.75) is 108 Å².